The maximum Gasteiger partial charge on any atom is 0.274 e. The zero-order valence-corrected chi connectivity index (χ0v) is 18.0. The minimum absolute atomic E-state index is 0.00630. The van der Waals surface area contributed by atoms with Crippen LogP contribution < -0.4 is 4.90 Å². The van der Waals surface area contributed by atoms with E-state index in [1.54, 1.807) is 0 Å². The van der Waals surface area contributed by atoms with Gasteiger partial charge in [0.05, 0.1) is 11.7 Å². The number of aromatic amines is 1. The smallest absolute Gasteiger partial charge is 0.274 e. The molecule has 0 aromatic carbocycles. The molecule has 3 fully saturated rings. The summed E-state index contributed by atoms with van der Waals surface area (Å²) in [6, 6.07) is 3.98. The minimum atomic E-state index is -0.0282. The average molecular weight is 420 g/mol. The van der Waals surface area contributed by atoms with Crippen LogP contribution in [0.15, 0.2) is 18.3 Å². The molecule has 1 amide bonds. The molecular formula is C23H29N7O. The number of fused-ring (bicyclic) bond motifs is 1. The Hall–Kier alpha value is -2.90. The highest BCUT2D eigenvalue weighted by Crippen LogP contribution is 2.39. The summed E-state index contributed by atoms with van der Waals surface area (Å²) >= 11 is 0. The number of carbonyl (C=O) groups is 1. The first kappa shape index (κ1) is 18.8. The van der Waals surface area contributed by atoms with Gasteiger partial charge in [-0.15, -0.1) is 0 Å². The molecule has 5 heterocycles. The zero-order valence-electron chi connectivity index (χ0n) is 18.0. The van der Waals surface area contributed by atoms with Crippen LogP contribution in [0.25, 0.3) is 5.65 Å². The van der Waals surface area contributed by atoms with E-state index in [9.17, 15) is 4.79 Å². The van der Waals surface area contributed by atoms with E-state index in [1.807, 2.05) is 15.5 Å². The first-order valence-corrected chi connectivity index (χ1v) is 11.7. The number of rotatable bonds is 4. The van der Waals surface area contributed by atoms with E-state index >= 15 is 0 Å². The summed E-state index contributed by atoms with van der Waals surface area (Å²) in [7, 11) is 0. The van der Waals surface area contributed by atoms with Crippen molar-refractivity contribution in [3.63, 3.8) is 0 Å². The fourth-order valence-electron chi connectivity index (χ4n) is 5.11. The summed E-state index contributed by atoms with van der Waals surface area (Å²) in [5, 5.41) is 12.3. The SMILES string of the molecule is Cc1cn2nc(C3CCCCN3C(=O)c3cc(C4CC4)[nH]n3)cc2nc1N1CCCC1. The molecule has 2 aliphatic heterocycles. The summed E-state index contributed by atoms with van der Waals surface area (Å²) in [4.78, 5) is 22.6. The number of carbonyl (C=O) groups excluding carboxylic acids is 1. The van der Waals surface area contributed by atoms with Gasteiger partial charge in [-0.2, -0.15) is 10.2 Å². The number of likely N-dealkylation sites (tertiary alicyclic amines) is 1. The lowest BCUT2D eigenvalue weighted by Gasteiger charge is -2.34. The van der Waals surface area contributed by atoms with Gasteiger partial charge in [-0.1, -0.05) is 0 Å². The Bertz CT molecular complexity index is 1120. The quantitative estimate of drug-likeness (QED) is 0.699. The zero-order chi connectivity index (χ0) is 20.9. The standard InChI is InChI=1S/C23H29N7O/c1-15-14-30-21(24-22(15)28-9-4-5-10-28)13-18(27-30)20-6-2-3-11-29(20)23(31)19-12-17(25-26-19)16-7-8-16/h12-14,16,20H,2-11H2,1H3,(H,25,26). The van der Waals surface area contributed by atoms with Crippen molar-refractivity contribution < 1.29 is 4.79 Å². The molecule has 3 aromatic heterocycles. The Morgan fingerprint density at radius 2 is 1.87 bits per heavy atom. The molecule has 8 heteroatoms. The van der Waals surface area contributed by atoms with Gasteiger partial charge in [0.1, 0.15) is 11.5 Å². The van der Waals surface area contributed by atoms with Crippen LogP contribution in [0.3, 0.4) is 0 Å². The second kappa shape index (κ2) is 7.35. The molecular weight excluding hydrogens is 390 g/mol. The molecule has 1 atom stereocenters. The molecule has 1 aliphatic carbocycles. The maximum atomic E-state index is 13.3. The van der Waals surface area contributed by atoms with Crippen LogP contribution in [0.2, 0.25) is 0 Å². The number of aryl methyl sites for hydroxylation is 1. The summed E-state index contributed by atoms with van der Waals surface area (Å²) in [5.41, 5.74) is 4.55. The molecule has 8 nitrogen and oxygen atoms in total. The number of piperidine rings is 1. The van der Waals surface area contributed by atoms with Crippen molar-refractivity contribution in [1.29, 1.82) is 0 Å². The fourth-order valence-corrected chi connectivity index (χ4v) is 5.11. The summed E-state index contributed by atoms with van der Waals surface area (Å²) < 4.78 is 1.88. The Labute approximate surface area is 181 Å². The van der Waals surface area contributed by atoms with E-state index in [1.165, 1.54) is 25.7 Å². The normalized spacial score (nSPS) is 21.9. The number of hydrogen-bond acceptors (Lipinski definition) is 5. The molecule has 1 N–H and O–H groups in total. The Kier molecular flexibility index (Phi) is 4.47. The van der Waals surface area contributed by atoms with E-state index in [2.05, 4.69) is 34.3 Å². The second-order valence-corrected chi connectivity index (χ2v) is 9.31. The molecule has 0 bridgehead atoms. The van der Waals surface area contributed by atoms with Crippen molar-refractivity contribution in [1.82, 2.24) is 29.7 Å². The van der Waals surface area contributed by atoms with Crippen LogP contribution in [0, 0.1) is 6.92 Å². The molecule has 31 heavy (non-hydrogen) atoms. The number of anilines is 1. The van der Waals surface area contributed by atoms with Crippen molar-refractivity contribution >= 4 is 17.4 Å². The molecule has 3 aliphatic rings. The number of amides is 1. The van der Waals surface area contributed by atoms with Crippen molar-refractivity contribution in [2.24, 2.45) is 0 Å². The number of nitrogens with zero attached hydrogens (tertiary/aromatic N) is 6. The van der Waals surface area contributed by atoms with Crippen LogP contribution in [0.5, 0.6) is 0 Å². The van der Waals surface area contributed by atoms with E-state index in [4.69, 9.17) is 10.1 Å². The Morgan fingerprint density at radius 3 is 2.68 bits per heavy atom. The van der Waals surface area contributed by atoms with Crippen molar-refractivity contribution in [2.75, 3.05) is 24.5 Å². The number of nitrogens with one attached hydrogen (secondary N) is 1. The van der Waals surface area contributed by atoms with E-state index in [-0.39, 0.29) is 11.9 Å². The predicted molar refractivity (Wildman–Crippen MR) is 117 cm³/mol. The van der Waals surface area contributed by atoms with Gasteiger partial charge < -0.3 is 9.80 Å². The van der Waals surface area contributed by atoms with Crippen LogP contribution in [0.4, 0.5) is 5.82 Å². The first-order chi connectivity index (χ1) is 15.2. The lowest BCUT2D eigenvalue weighted by Crippen LogP contribution is -2.38. The molecule has 2 saturated heterocycles. The topological polar surface area (TPSA) is 82.4 Å². The summed E-state index contributed by atoms with van der Waals surface area (Å²) in [6.07, 6.45) is 9.95. The number of aromatic nitrogens is 5. The van der Waals surface area contributed by atoms with Gasteiger partial charge in [0, 0.05) is 49.1 Å². The minimum Gasteiger partial charge on any atom is -0.356 e. The van der Waals surface area contributed by atoms with Crippen molar-refractivity contribution in [3.05, 3.63) is 41.0 Å². The van der Waals surface area contributed by atoms with Gasteiger partial charge in [-0.25, -0.2) is 9.50 Å². The molecule has 3 aromatic rings. The molecule has 6 rings (SSSR count). The van der Waals surface area contributed by atoms with Gasteiger partial charge in [-0.3, -0.25) is 9.89 Å². The largest absolute Gasteiger partial charge is 0.356 e. The van der Waals surface area contributed by atoms with Crippen LogP contribution in [0.1, 0.15) is 84.3 Å². The van der Waals surface area contributed by atoms with Crippen LogP contribution >= 0.6 is 0 Å². The fraction of sp³-hybridized carbons (Fsp3) is 0.565. The van der Waals surface area contributed by atoms with Gasteiger partial charge in [0.15, 0.2) is 5.65 Å². The highest BCUT2D eigenvalue weighted by Gasteiger charge is 2.33. The molecule has 0 spiro atoms. The van der Waals surface area contributed by atoms with E-state index in [0.717, 1.165) is 67.3 Å². The second-order valence-electron chi connectivity index (χ2n) is 9.31. The third kappa shape index (κ3) is 3.38. The molecule has 1 unspecified atom stereocenters. The molecule has 0 radical (unpaired) electrons. The summed E-state index contributed by atoms with van der Waals surface area (Å²) in [6.45, 7) is 4.99. The number of H-pyrrole nitrogens is 1. The van der Waals surface area contributed by atoms with Crippen LogP contribution in [-0.2, 0) is 0 Å². The highest BCUT2D eigenvalue weighted by molar-refractivity contribution is 5.92. The van der Waals surface area contributed by atoms with Crippen molar-refractivity contribution in [2.45, 2.75) is 63.8 Å². The van der Waals surface area contributed by atoms with Gasteiger partial charge in [-0.05, 0) is 57.9 Å². The van der Waals surface area contributed by atoms with E-state index < -0.39 is 0 Å². The Balaban J connectivity index is 1.31. The third-order valence-electron chi connectivity index (χ3n) is 6.97. The Morgan fingerprint density at radius 1 is 1.06 bits per heavy atom. The highest BCUT2D eigenvalue weighted by atomic mass is 16.2. The van der Waals surface area contributed by atoms with Gasteiger partial charge >= 0.3 is 0 Å². The predicted octanol–water partition coefficient (Wildman–Crippen LogP) is 3.61. The van der Waals surface area contributed by atoms with Gasteiger partial charge in [0.2, 0.25) is 0 Å². The van der Waals surface area contributed by atoms with Gasteiger partial charge in [0.25, 0.3) is 5.91 Å². The van der Waals surface area contributed by atoms with E-state index in [0.29, 0.717) is 11.6 Å². The third-order valence-corrected chi connectivity index (χ3v) is 6.97. The maximum absolute atomic E-state index is 13.3. The lowest BCUT2D eigenvalue weighted by atomic mass is 9.99. The van der Waals surface area contributed by atoms with Crippen molar-refractivity contribution in [3.8, 4) is 0 Å². The molecule has 162 valence electrons. The number of hydrogen-bond donors (Lipinski definition) is 1. The van der Waals surface area contributed by atoms with Crippen LogP contribution in [-0.4, -0.2) is 55.2 Å². The first-order valence-electron chi connectivity index (χ1n) is 11.7. The monoisotopic (exact) mass is 419 g/mol. The summed E-state index contributed by atoms with van der Waals surface area (Å²) in [5.74, 6) is 1.63. The lowest BCUT2D eigenvalue weighted by molar-refractivity contribution is 0.0599. The molecule has 1 saturated carbocycles. The average Bonchev–Trinajstić information content (AvgIpc) is 3.19.